The third kappa shape index (κ3) is 3.19. The number of carboxylic acid groups (broad SMARTS) is 1. The monoisotopic (exact) mass is 339 g/mol. The molecule has 1 unspecified atom stereocenters. The second-order valence-corrected chi connectivity index (χ2v) is 9.74. The van der Waals surface area contributed by atoms with Crippen LogP contribution < -0.4 is 4.72 Å². The normalized spacial score (nSPS) is 25.6. The molecule has 0 spiro atoms. The van der Waals surface area contributed by atoms with Crippen molar-refractivity contribution < 1.29 is 26.7 Å². The summed E-state index contributed by atoms with van der Waals surface area (Å²) >= 11 is 0.804. The van der Waals surface area contributed by atoms with Gasteiger partial charge in [-0.25, -0.2) is 26.4 Å². The lowest BCUT2D eigenvalue weighted by Gasteiger charge is -2.23. The second kappa shape index (κ2) is 4.79. The van der Waals surface area contributed by atoms with Crippen LogP contribution >= 0.6 is 11.3 Å². The number of hydrogen-bond donors (Lipinski definition) is 2. The fourth-order valence-electron chi connectivity index (χ4n) is 2.05. The maximum absolute atomic E-state index is 12.1. The van der Waals surface area contributed by atoms with Gasteiger partial charge in [0.15, 0.2) is 9.84 Å². The van der Waals surface area contributed by atoms with E-state index in [1.54, 1.807) is 0 Å². The summed E-state index contributed by atoms with van der Waals surface area (Å²) in [6.07, 6.45) is 0.199. The standard InChI is InChI=1S/C10H13NO6S3/c1-10(2-3-19(14,15)6-10)11-20(16,17)7-4-8(9(12)13)18-5-7/h4-5,11H,2-3,6H2,1H3,(H,12,13). The third-order valence-corrected chi connectivity index (χ3v) is 7.57. The maximum Gasteiger partial charge on any atom is 0.345 e. The molecule has 2 heterocycles. The molecule has 10 heteroatoms. The molecule has 0 bridgehead atoms. The zero-order chi connectivity index (χ0) is 15.2. The first kappa shape index (κ1) is 15.4. The van der Waals surface area contributed by atoms with Gasteiger partial charge < -0.3 is 5.11 Å². The van der Waals surface area contributed by atoms with Gasteiger partial charge in [-0.2, -0.15) is 0 Å². The number of rotatable bonds is 4. The van der Waals surface area contributed by atoms with Crippen LogP contribution in [-0.2, 0) is 19.9 Å². The molecule has 1 saturated heterocycles. The highest BCUT2D eigenvalue weighted by atomic mass is 32.2. The first-order valence-electron chi connectivity index (χ1n) is 5.59. The van der Waals surface area contributed by atoms with E-state index in [0.717, 1.165) is 17.4 Å². The van der Waals surface area contributed by atoms with Gasteiger partial charge in [0.2, 0.25) is 10.0 Å². The number of carboxylic acids is 1. The van der Waals surface area contributed by atoms with Crippen molar-refractivity contribution in [3.8, 4) is 0 Å². The van der Waals surface area contributed by atoms with Crippen LogP contribution in [0, 0.1) is 0 Å². The number of aromatic carboxylic acids is 1. The van der Waals surface area contributed by atoms with Crippen molar-refractivity contribution >= 4 is 37.2 Å². The van der Waals surface area contributed by atoms with E-state index in [2.05, 4.69) is 4.72 Å². The van der Waals surface area contributed by atoms with E-state index in [1.165, 1.54) is 12.3 Å². The molecular formula is C10H13NO6S3. The van der Waals surface area contributed by atoms with Gasteiger partial charge in [0.1, 0.15) is 4.88 Å². The Kier molecular flexibility index (Phi) is 3.70. The summed E-state index contributed by atoms with van der Waals surface area (Å²) in [6.45, 7) is 1.53. The molecule has 2 N–H and O–H groups in total. The molecule has 1 aliphatic rings. The molecule has 0 amide bonds. The summed E-state index contributed by atoms with van der Waals surface area (Å²) < 4.78 is 49.6. The minimum absolute atomic E-state index is 0.0595. The highest BCUT2D eigenvalue weighted by Crippen LogP contribution is 2.26. The van der Waals surface area contributed by atoms with Crippen molar-refractivity contribution in [2.75, 3.05) is 11.5 Å². The topological polar surface area (TPSA) is 118 Å². The van der Waals surface area contributed by atoms with Crippen LogP contribution in [0.3, 0.4) is 0 Å². The highest BCUT2D eigenvalue weighted by molar-refractivity contribution is 7.92. The quantitative estimate of drug-likeness (QED) is 0.815. The maximum atomic E-state index is 12.1. The lowest BCUT2D eigenvalue weighted by molar-refractivity contribution is 0.0702. The van der Waals surface area contributed by atoms with E-state index in [0.29, 0.717) is 0 Å². The summed E-state index contributed by atoms with van der Waals surface area (Å²) in [5.41, 5.74) is -1.05. The first-order valence-corrected chi connectivity index (χ1v) is 9.78. The largest absolute Gasteiger partial charge is 0.477 e. The van der Waals surface area contributed by atoms with Crippen LogP contribution in [0.15, 0.2) is 16.3 Å². The molecule has 0 radical (unpaired) electrons. The summed E-state index contributed by atoms with van der Waals surface area (Å²) in [4.78, 5) is 10.5. The molecule has 1 fully saturated rings. The Morgan fingerprint density at radius 3 is 2.60 bits per heavy atom. The number of nitrogens with one attached hydrogen (secondary N) is 1. The van der Waals surface area contributed by atoms with E-state index >= 15 is 0 Å². The van der Waals surface area contributed by atoms with Crippen LogP contribution in [0.25, 0.3) is 0 Å². The van der Waals surface area contributed by atoms with Crippen molar-refractivity contribution in [1.82, 2.24) is 4.72 Å². The summed E-state index contributed by atoms with van der Waals surface area (Å²) in [7, 11) is -7.17. The predicted octanol–water partition coefficient (Wildman–Crippen LogP) is 0.302. The van der Waals surface area contributed by atoms with Crippen molar-refractivity contribution in [1.29, 1.82) is 0 Å². The molecule has 0 aromatic carbocycles. The van der Waals surface area contributed by atoms with Crippen LogP contribution in [0.2, 0.25) is 0 Å². The number of sulfonamides is 1. The van der Waals surface area contributed by atoms with Crippen LogP contribution in [0.1, 0.15) is 23.0 Å². The van der Waals surface area contributed by atoms with Crippen molar-refractivity contribution in [2.24, 2.45) is 0 Å². The average Bonchev–Trinajstić information content (AvgIpc) is 2.83. The lowest BCUT2D eigenvalue weighted by atomic mass is 10.0. The van der Waals surface area contributed by atoms with Gasteiger partial charge in [0, 0.05) is 10.9 Å². The molecule has 112 valence electrons. The van der Waals surface area contributed by atoms with Gasteiger partial charge in [0.25, 0.3) is 0 Å². The first-order chi connectivity index (χ1) is 9.03. The third-order valence-electron chi connectivity index (χ3n) is 2.98. The average molecular weight is 339 g/mol. The number of carbonyl (C=O) groups is 1. The molecule has 7 nitrogen and oxygen atoms in total. The molecule has 0 aliphatic carbocycles. The van der Waals surface area contributed by atoms with E-state index in [1.807, 2.05) is 0 Å². The van der Waals surface area contributed by atoms with E-state index in [4.69, 9.17) is 5.11 Å². The Morgan fingerprint density at radius 2 is 2.15 bits per heavy atom. The number of sulfone groups is 1. The Hall–Kier alpha value is -0.970. The van der Waals surface area contributed by atoms with E-state index < -0.39 is 31.4 Å². The van der Waals surface area contributed by atoms with E-state index in [-0.39, 0.29) is 27.7 Å². The van der Waals surface area contributed by atoms with Crippen molar-refractivity contribution in [2.45, 2.75) is 23.8 Å². The van der Waals surface area contributed by atoms with Crippen LogP contribution in [-0.4, -0.2) is 45.0 Å². The molecular weight excluding hydrogens is 326 g/mol. The SMILES string of the molecule is CC1(NS(=O)(=O)c2csc(C(=O)O)c2)CCS(=O)(=O)C1. The summed E-state index contributed by atoms with van der Waals surface area (Å²) in [5.74, 6) is -1.52. The Morgan fingerprint density at radius 1 is 1.50 bits per heavy atom. The highest BCUT2D eigenvalue weighted by Gasteiger charge is 2.41. The molecule has 20 heavy (non-hydrogen) atoms. The van der Waals surface area contributed by atoms with Gasteiger partial charge in [-0.1, -0.05) is 0 Å². The minimum Gasteiger partial charge on any atom is -0.477 e. The molecule has 1 aliphatic heterocycles. The molecule has 1 aromatic rings. The zero-order valence-corrected chi connectivity index (χ0v) is 12.9. The predicted molar refractivity (Wildman–Crippen MR) is 73.3 cm³/mol. The second-order valence-electron chi connectivity index (χ2n) is 4.96. The lowest BCUT2D eigenvalue weighted by Crippen LogP contribution is -2.46. The minimum atomic E-state index is -3.93. The smallest absolute Gasteiger partial charge is 0.345 e. The fourth-order valence-corrected chi connectivity index (χ4v) is 6.78. The Labute approximate surface area is 120 Å². The molecule has 1 atom stereocenters. The number of thiophene rings is 1. The number of hydrogen-bond acceptors (Lipinski definition) is 6. The summed E-state index contributed by atoms with van der Waals surface area (Å²) in [5, 5.41) is 10.0. The Bertz CT molecular complexity index is 748. The molecule has 0 saturated carbocycles. The van der Waals surface area contributed by atoms with E-state index in [9.17, 15) is 21.6 Å². The Balaban J connectivity index is 2.25. The zero-order valence-electron chi connectivity index (χ0n) is 10.5. The van der Waals surface area contributed by atoms with Gasteiger partial charge in [-0.15, -0.1) is 11.3 Å². The van der Waals surface area contributed by atoms with Crippen LogP contribution in [0.4, 0.5) is 0 Å². The van der Waals surface area contributed by atoms with Crippen LogP contribution in [0.5, 0.6) is 0 Å². The summed E-state index contributed by atoms with van der Waals surface area (Å²) in [6, 6.07) is 1.06. The molecule has 1 aromatic heterocycles. The molecule has 2 rings (SSSR count). The van der Waals surface area contributed by atoms with Crippen molar-refractivity contribution in [3.05, 3.63) is 16.3 Å². The van der Waals surface area contributed by atoms with Gasteiger partial charge in [0.05, 0.1) is 16.4 Å². The van der Waals surface area contributed by atoms with Gasteiger partial charge in [-0.05, 0) is 19.4 Å². The van der Waals surface area contributed by atoms with Gasteiger partial charge in [-0.3, -0.25) is 0 Å². The fraction of sp³-hybridized carbons (Fsp3) is 0.500. The van der Waals surface area contributed by atoms with Crippen molar-refractivity contribution in [3.63, 3.8) is 0 Å². The van der Waals surface area contributed by atoms with Gasteiger partial charge >= 0.3 is 5.97 Å².